The number of primary amides is 1. The van der Waals surface area contributed by atoms with Crippen LogP contribution in [0.15, 0.2) is 21.3 Å². The number of ether oxygens (including phenoxy) is 1. The molecule has 2 heterocycles. The number of carbonyl (C=O) groups is 1. The number of pyridine rings is 1. The number of halogens is 2. The predicted octanol–water partition coefficient (Wildman–Crippen LogP) is 2.14. The fraction of sp³-hybridized carbons (Fsp3) is 0.167. The van der Waals surface area contributed by atoms with Crippen LogP contribution < -0.4 is 16.2 Å². The van der Waals surface area contributed by atoms with E-state index in [9.17, 15) is 4.79 Å². The van der Waals surface area contributed by atoms with Gasteiger partial charge in [-0.2, -0.15) is 0 Å². The Labute approximate surface area is 137 Å². The second-order valence-electron chi connectivity index (χ2n) is 3.88. The quantitative estimate of drug-likeness (QED) is 0.788. The maximum absolute atomic E-state index is 11.6. The van der Waals surface area contributed by atoms with Crippen molar-refractivity contribution in [3.05, 3.63) is 27.0 Å². The molecule has 0 saturated carbocycles. The van der Waals surface area contributed by atoms with Gasteiger partial charge in [0.05, 0.1) is 6.61 Å². The van der Waals surface area contributed by atoms with E-state index in [1.54, 1.807) is 12.1 Å². The fourth-order valence-corrected chi connectivity index (χ4v) is 2.61. The Bertz CT molecular complexity index is 708. The summed E-state index contributed by atoms with van der Waals surface area (Å²) in [6, 6.07) is 3.26. The Morgan fingerprint density at radius 1 is 1.24 bits per heavy atom. The molecule has 0 radical (unpaired) electrons. The summed E-state index contributed by atoms with van der Waals surface area (Å²) in [5.74, 6) is -0.191. The summed E-state index contributed by atoms with van der Waals surface area (Å²) in [5, 5.41) is 0. The first-order chi connectivity index (χ1) is 9.93. The number of carbonyl (C=O) groups excluding carboxylic acids is 1. The molecule has 21 heavy (non-hydrogen) atoms. The average molecular weight is 417 g/mol. The van der Waals surface area contributed by atoms with Gasteiger partial charge < -0.3 is 16.2 Å². The van der Waals surface area contributed by atoms with E-state index in [1.165, 1.54) is 0 Å². The zero-order valence-electron chi connectivity index (χ0n) is 10.9. The molecule has 7 nitrogen and oxygen atoms in total. The van der Waals surface area contributed by atoms with Gasteiger partial charge in [0.2, 0.25) is 5.88 Å². The molecule has 2 aromatic rings. The Morgan fingerprint density at radius 3 is 2.57 bits per heavy atom. The summed E-state index contributed by atoms with van der Waals surface area (Å²) in [5.41, 5.74) is 11.9. The first kappa shape index (κ1) is 15.6. The molecule has 110 valence electrons. The normalized spacial score (nSPS) is 10.4. The number of nitrogens with zero attached hydrogens (tertiary/aromatic N) is 3. The standard InChI is InChI=1S/C12H11Br2N5O2/c1-2-21-6-4-3-5(8(17-6)12(16)20)7-9(13)19-10(14)11(15)18-7/h3-4H,2H2,1H3,(H2,15,18)(H2,16,20). The van der Waals surface area contributed by atoms with Crippen LogP contribution >= 0.6 is 31.9 Å². The van der Waals surface area contributed by atoms with Gasteiger partial charge in [0.25, 0.3) is 5.91 Å². The zero-order valence-corrected chi connectivity index (χ0v) is 14.1. The van der Waals surface area contributed by atoms with E-state index >= 15 is 0 Å². The van der Waals surface area contributed by atoms with E-state index in [2.05, 4.69) is 46.8 Å². The minimum Gasteiger partial charge on any atom is -0.478 e. The van der Waals surface area contributed by atoms with Crippen molar-refractivity contribution in [1.29, 1.82) is 0 Å². The van der Waals surface area contributed by atoms with Crippen LogP contribution in [0.1, 0.15) is 17.4 Å². The molecule has 0 bridgehead atoms. The van der Waals surface area contributed by atoms with Crippen LogP contribution in [0.25, 0.3) is 11.3 Å². The second kappa shape index (κ2) is 6.35. The summed E-state index contributed by atoms with van der Waals surface area (Å²) in [6.45, 7) is 2.25. The van der Waals surface area contributed by atoms with Crippen LogP contribution in [0.3, 0.4) is 0 Å². The van der Waals surface area contributed by atoms with E-state index in [0.717, 1.165) is 0 Å². The first-order valence-corrected chi connectivity index (χ1v) is 7.45. The lowest BCUT2D eigenvalue weighted by molar-refractivity contribution is 0.0995. The van der Waals surface area contributed by atoms with Crippen LogP contribution in [0.2, 0.25) is 0 Å². The number of anilines is 1. The maximum atomic E-state index is 11.6. The Morgan fingerprint density at radius 2 is 1.95 bits per heavy atom. The third-order valence-electron chi connectivity index (χ3n) is 2.49. The van der Waals surface area contributed by atoms with E-state index in [0.29, 0.717) is 33.0 Å². The summed E-state index contributed by atoms with van der Waals surface area (Å²) < 4.78 is 6.08. The molecule has 4 N–H and O–H groups in total. The molecule has 0 spiro atoms. The minimum absolute atomic E-state index is 0.0395. The van der Waals surface area contributed by atoms with Gasteiger partial charge in [0, 0.05) is 11.6 Å². The molecule has 2 aromatic heterocycles. The van der Waals surface area contributed by atoms with Crippen LogP contribution in [-0.2, 0) is 0 Å². The number of nitrogens with two attached hydrogens (primary N) is 2. The van der Waals surface area contributed by atoms with Gasteiger partial charge in [-0.05, 0) is 44.8 Å². The average Bonchev–Trinajstić information content (AvgIpc) is 2.43. The predicted molar refractivity (Wildman–Crippen MR) is 84.8 cm³/mol. The van der Waals surface area contributed by atoms with Crippen molar-refractivity contribution in [2.24, 2.45) is 5.73 Å². The largest absolute Gasteiger partial charge is 0.478 e. The van der Waals surface area contributed by atoms with E-state index < -0.39 is 5.91 Å². The van der Waals surface area contributed by atoms with Crippen molar-refractivity contribution in [3.8, 4) is 17.1 Å². The SMILES string of the molecule is CCOc1ccc(-c2nc(N)c(Br)nc2Br)c(C(N)=O)n1. The van der Waals surface area contributed by atoms with Crippen LogP contribution in [0.5, 0.6) is 5.88 Å². The molecule has 0 aliphatic heterocycles. The number of hydrogen-bond donors (Lipinski definition) is 2. The number of nitrogen functional groups attached to an aromatic ring is 1. The molecule has 1 amide bonds. The first-order valence-electron chi connectivity index (χ1n) is 5.86. The lowest BCUT2D eigenvalue weighted by Crippen LogP contribution is -2.16. The summed E-state index contributed by atoms with van der Waals surface area (Å²) in [6.07, 6.45) is 0. The Kier molecular flexibility index (Phi) is 4.73. The summed E-state index contributed by atoms with van der Waals surface area (Å²) in [4.78, 5) is 24.0. The molecule has 0 aliphatic rings. The van der Waals surface area contributed by atoms with Crippen molar-refractivity contribution in [2.45, 2.75) is 6.92 Å². The van der Waals surface area contributed by atoms with Gasteiger partial charge in [-0.25, -0.2) is 15.0 Å². The Balaban J connectivity index is 2.63. The highest BCUT2D eigenvalue weighted by Gasteiger charge is 2.19. The van der Waals surface area contributed by atoms with Crippen LogP contribution in [0, 0.1) is 0 Å². The molecular formula is C12H11Br2N5O2. The van der Waals surface area contributed by atoms with Gasteiger partial charge in [-0.15, -0.1) is 0 Å². The van der Waals surface area contributed by atoms with E-state index in [4.69, 9.17) is 16.2 Å². The zero-order chi connectivity index (χ0) is 15.6. The third-order valence-corrected chi connectivity index (χ3v) is 3.62. The summed E-state index contributed by atoms with van der Waals surface area (Å²) in [7, 11) is 0. The number of aromatic nitrogens is 3. The van der Waals surface area contributed by atoms with E-state index in [1.807, 2.05) is 6.92 Å². The molecular weight excluding hydrogens is 406 g/mol. The maximum Gasteiger partial charge on any atom is 0.268 e. The molecule has 0 atom stereocenters. The highest BCUT2D eigenvalue weighted by atomic mass is 79.9. The fourth-order valence-electron chi connectivity index (χ4n) is 1.63. The molecule has 0 fully saturated rings. The van der Waals surface area contributed by atoms with Gasteiger partial charge in [0.1, 0.15) is 20.6 Å². The molecule has 2 rings (SSSR count). The van der Waals surface area contributed by atoms with Crippen molar-refractivity contribution < 1.29 is 9.53 Å². The number of rotatable bonds is 4. The molecule has 0 aromatic carbocycles. The highest BCUT2D eigenvalue weighted by Crippen LogP contribution is 2.31. The lowest BCUT2D eigenvalue weighted by Gasteiger charge is -2.10. The van der Waals surface area contributed by atoms with Crippen molar-refractivity contribution >= 4 is 43.6 Å². The van der Waals surface area contributed by atoms with Crippen molar-refractivity contribution in [3.63, 3.8) is 0 Å². The van der Waals surface area contributed by atoms with Gasteiger partial charge in [-0.3, -0.25) is 4.79 Å². The smallest absolute Gasteiger partial charge is 0.268 e. The second-order valence-corrected chi connectivity index (χ2v) is 5.38. The Hall–Kier alpha value is -1.74. The van der Waals surface area contributed by atoms with Crippen molar-refractivity contribution in [1.82, 2.24) is 15.0 Å². The van der Waals surface area contributed by atoms with Gasteiger partial charge >= 0.3 is 0 Å². The topological polar surface area (TPSA) is 117 Å². The van der Waals surface area contributed by atoms with Crippen LogP contribution in [-0.4, -0.2) is 27.5 Å². The lowest BCUT2D eigenvalue weighted by atomic mass is 10.1. The molecule has 0 unspecified atom stereocenters. The third kappa shape index (κ3) is 3.30. The van der Waals surface area contributed by atoms with Crippen molar-refractivity contribution in [2.75, 3.05) is 12.3 Å². The number of amides is 1. The van der Waals surface area contributed by atoms with Gasteiger partial charge in [-0.1, -0.05) is 0 Å². The number of hydrogen-bond acceptors (Lipinski definition) is 6. The van der Waals surface area contributed by atoms with Gasteiger partial charge in [0.15, 0.2) is 5.82 Å². The molecule has 0 saturated heterocycles. The minimum atomic E-state index is -0.693. The molecule has 9 heteroatoms. The monoisotopic (exact) mass is 415 g/mol. The highest BCUT2D eigenvalue weighted by molar-refractivity contribution is 9.11. The van der Waals surface area contributed by atoms with E-state index in [-0.39, 0.29) is 11.5 Å². The molecule has 0 aliphatic carbocycles. The summed E-state index contributed by atoms with van der Waals surface area (Å²) >= 11 is 6.46. The van der Waals surface area contributed by atoms with Crippen LogP contribution in [0.4, 0.5) is 5.82 Å².